The number of nitrogens with one attached hydrogen (secondary N) is 1. The Kier molecular flexibility index (Phi) is 4.82. The molecular weight excluding hydrogens is 364 g/mol. The number of likely N-dealkylation sites (tertiary alicyclic amines) is 1. The predicted octanol–water partition coefficient (Wildman–Crippen LogP) is 4.03. The van der Waals surface area contributed by atoms with Gasteiger partial charge in [-0.15, -0.1) is 0 Å². The number of carbonyl (C=O) groups excluding carboxylic acids is 1. The Balaban J connectivity index is 1.60. The molecule has 0 aromatic heterocycles. The van der Waals surface area contributed by atoms with Crippen LogP contribution in [0.5, 0.6) is 5.75 Å². The number of hydrogen-bond donors (Lipinski definition) is 2. The van der Waals surface area contributed by atoms with E-state index < -0.39 is 5.60 Å². The summed E-state index contributed by atoms with van der Waals surface area (Å²) in [5.74, 6) is 0.853. The molecule has 0 radical (unpaired) electrons. The summed E-state index contributed by atoms with van der Waals surface area (Å²) in [5, 5.41) is 13.9. The maximum Gasteiger partial charge on any atom is 0.253 e. The maximum atomic E-state index is 12.9. The van der Waals surface area contributed by atoms with Gasteiger partial charge in [-0.2, -0.15) is 0 Å². The molecule has 0 aliphatic carbocycles. The van der Waals surface area contributed by atoms with Gasteiger partial charge >= 0.3 is 0 Å². The Labute approximate surface area is 172 Å². The smallest absolute Gasteiger partial charge is 0.253 e. The lowest BCUT2D eigenvalue weighted by Gasteiger charge is -2.41. The van der Waals surface area contributed by atoms with E-state index in [1.165, 1.54) is 5.56 Å². The second kappa shape index (κ2) is 7.06. The number of ether oxygens (including phenoxy) is 1. The molecule has 2 aromatic rings. The van der Waals surface area contributed by atoms with Gasteiger partial charge in [0.1, 0.15) is 5.75 Å². The van der Waals surface area contributed by atoms with Gasteiger partial charge in [0.15, 0.2) is 0 Å². The van der Waals surface area contributed by atoms with Crippen molar-refractivity contribution in [2.75, 3.05) is 25.5 Å². The standard InChI is InChI=1S/C24H30N2O3/c1-23(2)14-18-12-17(22(27)26-11-10-24(3,28)15-26)8-9-20(18)25-21(23)16-6-5-7-19(13-16)29-4/h5-9,12-13,21,25,28H,10-11,14-15H2,1-4H3. The van der Waals surface area contributed by atoms with Crippen molar-refractivity contribution < 1.29 is 14.6 Å². The van der Waals surface area contributed by atoms with Crippen LogP contribution in [0.15, 0.2) is 42.5 Å². The summed E-state index contributed by atoms with van der Waals surface area (Å²) in [7, 11) is 1.69. The van der Waals surface area contributed by atoms with Crippen LogP contribution in [0.2, 0.25) is 0 Å². The summed E-state index contributed by atoms with van der Waals surface area (Å²) in [5.41, 5.74) is 3.31. The van der Waals surface area contributed by atoms with Gasteiger partial charge in [-0.25, -0.2) is 0 Å². The third-order valence-electron chi connectivity index (χ3n) is 6.25. The van der Waals surface area contributed by atoms with Crippen LogP contribution in [0.1, 0.15) is 54.7 Å². The number of β-amino-alcohol motifs (C(OH)–C–C–N with tert-alkyl or cyclic N) is 1. The van der Waals surface area contributed by atoms with Gasteiger partial charge in [-0.1, -0.05) is 26.0 Å². The zero-order valence-corrected chi connectivity index (χ0v) is 17.7. The Bertz CT molecular complexity index is 935. The van der Waals surface area contributed by atoms with E-state index in [1.807, 2.05) is 30.3 Å². The highest BCUT2D eigenvalue weighted by Crippen LogP contribution is 2.45. The van der Waals surface area contributed by atoms with E-state index in [9.17, 15) is 9.90 Å². The Morgan fingerprint density at radius 3 is 2.69 bits per heavy atom. The highest BCUT2D eigenvalue weighted by molar-refractivity contribution is 5.95. The van der Waals surface area contributed by atoms with Crippen LogP contribution in [0.3, 0.4) is 0 Å². The van der Waals surface area contributed by atoms with E-state index in [0.29, 0.717) is 25.1 Å². The first kappa shape index (κ1) is 19.8. The number of fused-ring (bicyclic) bond motifs is 1. The third kappa shape index (κ3) is 3.84. The summed E-state index contributed by atoms with van der Waals surface area (Å²) in [6.07, 6.45) is 1.50. The summed E-state index contributed by atoms with van der Waals surface area (Å²) < 4.78 is 5.40. The molecule has 2 unspecified atom stereocenters. The van der Waals surface area contributed by atoms with E-state index in [1.54, 1.807) is 18.9 Å². The second-order valence-corrected chi connectivity index (χ2v) is 9.36. The van der Waals surface area contributed by atoms with Crippen molar-refractivity contribution in [3.63, 3.8) is 0 Å². The maximum absolute atomic E-state index is 12.9. The minimum Gasteiger partial charge on any atom is -0.497 e. The number of nitrogens with zero attached hydrogens (tertiary/aromatic N) is 1. The first-order valence-corrected chi connectivity index (χ1v) is 10.2. The molecule has 154 valence electrons. The Hall–Kier alpha value is -2.53. The van der Waals surface area contributed by atoms with Crippen molar-refractivity contribution in [2.45, 2.75) is 45.3 Å². The van der Waals surface area contributed by atoms with Gasteiger partial charge in [0.25, 0.3) is 5.91 Å². The van der Waals surface area contributed by atoms with Gasteiger partial charge in [0, 0.05) is 24.3 Å². The average Bonchev–Trinajstić information content (AvgIpc) is 3.05. The van der Waals surface area contributed by atoms with Crippen LogP contribution in [0.25, 0.3) is 0 Å². The van der Waals surface area contributed by atoms with Crippen LogP contribution in [-0.2, 0) is 6.42 Å². The zero-order chi connectivity index (χ0) is 20.8. The topological polar surface area (TPSA) is 61.8 Å². The molecule has 5 nitrogen and oxygen atoms in total. The molecule has 2 N–H and O–H groups in total. The first-order valence-electron chi connectivity index (χ1n) is 10.2. The van der Waals surface area contributed by atoms with E-state index >= 15 is 0 Å². The third-order valence-corrected chi connectivity index (χ3v) is 6.25. The predicted molar refractivity (Wildman–Crippen MR) is 114 cm³/mol. The van der Waals surface area contributed by atoms with Crippen molar-refractivity contribution in [1.82, 2.24) is 4.90 Å². The van der Waals surface area contributed by atoms with Gasteiger partial charge in [0.05, 0.1) is 18.8 Å². The number of benzene rings is 2. The summed E-state index contributed by atoms with van der Waals surface area (Å²) in [6, 6.07) is 14.3. The largest absolute Gasteiger partial charge is 0.497 e. The number of aliphatic hydroxyl groups is 1. The number of carbonyl (C=O) groups is 1. The van der Waals surface area contributed by atoms with Crippen LogP contribution in [0, 0.1) is 5.41 Å². The molecule has 4 rings (SSSR count). The molecule has 2 aliphatic heterocycles. The number of methoxy groups -OCH3 is 1. The fourth-order valence-corrected chi connectivity index (χ4v) is 4.61. The van der Waals surface area contributed by atoms with E-state index in [4.69, 9.17) is 4.74 Å². The molecule has 0 bridgehead atoms. The first-order chi connectivity index (χ1) is 13.7. The van der Waals surface area contributed by atoms with E-state index in [-0.39, 0.29) is 17.4 Å². The molecule has 5 heteroatoms. The van der Waals surface area contributed by atoms with Crippen molar-refractivity contribution in [3.05, 3.63) is 59.2 Å². The molecule has 0 spiro atoms. The molecule has 29 heavy (non-hydrogen) atoms. The summed E-state index contributed by atoms with van der Waals surface area (Å²) in [4.78, 5) is 14.7. The summed E-state index contributed by atoms with van der Waals surface area (Å²) >= 11 is 0. The Morgan fingerprint density at radius 1 is 1.21 bits per heavy atom. The Morgan fingerprint density at radius 2 is 2.00 bits per heavy atom. The summed E-state index contributed by atoms with van der Waals surface area (Å²) in [6.45, 7) is 7.28. The molecule has 2 atom stereocenters. The van der Waals surface area contributed by atoms with Gasteiger partial charge in [0.2, 0.25) is 0 Å². The second-order valence-electron chi connectivity index (χ2n) is 9.36. The fraction of sp³-hybridized carbons (Fsp3) is 0.458. The van der Waals surface area contributed by atoms with Crippen LogP contribution in [0.4, 0.5) is 5.69 Å². The fourth-order valence-electron chi connectivity index (χ4n) is 4.61. The monoisotopic (exact) mass is 394 g/mol. The van der Waals surface area contributed by atoms with Crippen molar-refractivity contribution in [2.24, 2.45) is 5.41 Å². The number of anilines is 1. The van der Waals surface area contributed by atoms with Crippen molar-refractivity contribution >= 4 is 11.6 Å². The van der Waals surface area contributed by atoms with E-state index in [2.05, 4.69) is 31.3 Å². The normalized spacial score (nSPS) is 25.3. The van der Waals surface area contributed by atoms with Gasteiger partial charge < -0.3 is 20.1 Å². The van der Waals surface area contributed by atoms with Crippen molar-refractivity contribution in [3.8, 4) is 5.75 Å². The minimum atomic E-state index is -0.780. The number of rotatable bonds is 3. The lowest BCUT2D eigenvalue weighted by molar-refractivity contribution is 0.0572. The van der Waals surface area contributed by atoms with Crippen molar-refractivity contribution in [1.29, 1.82) is 0 Å². The van der Waals surface area contributed by atoms with Crippen LogP contribution in [-0.4, -0.2) is 41.7 Å². The highest BCUT2D eigenvalue weighted by atomic mass is 16.5. The molecule has 0 saturated carbocycles. The molecule has 1 fully saturated rings. The average molecular weight is 395 g/mol. The van der Waals surface area contributed by atoms with Crippen LogP contribution >= 0.6 is 0 Å². The molecular formula is C24H30N2O3. The van der Waals surface area contributed by atoms with Gasteiger partial charge in [-0.05, 0) is 66.6 Å². The molecule has 1 saturated heterocycles. The number of hydrogen-bond acceptors (Lipinski definition) is 4. The zero-order valence-electron chi connectivity index (χ0n) is 17.7. The highest BCUT2D eigenvalue weighted by Gasteiger charge is 2.37. The molecule has 2 aliphatic rings. The minimum absolute atomic E-state index is 0.00157. The quantitative estimate of drug-likeness (QED) is 0.825. The SMILES string of the molecule is COc1cccc(C2Nc3ccc(C(=O)N4CCC(C)(O)C4)cc3CC2(C)C)c1. The van der Waals surface area contributed by atoms with E-state index in [0.717, 1.165) is 23.4 Å². The molecule has 1 amide bonds. The van der Waals surface area contributed by atoms with Crippen LogP contribution < -0.4 is 10.1 Å². The molecule has 2 heterocycles. The van der Waals surface area contributed by atoms with Gasteiger partial charge in [-0.3, -0.25) is 4.79 Å². The lowest BCUT2D eigenvalue weighted by atomic mass is 9.72. The number of amides is 1. The molecule has 2 aromatic carbocycles. The lowest BCUT2D eigenvalue weighted by Crippen LogP contribution is -2.36.